The number of aromatic nitrogens is 2. The van der Waals surface area contributed by atoms with Crippen molar-refractivity contribution < 1.29 is 9.59 Å². The van der Waals surface area contributed by atoms with E-state index in [2.05, 4.69) is 5.10 Å². The molecule has 0 spiro atoms. The van der Waals surface area contributed by atoms with E-state index < -0.39 is 6.04 Å². The van der Waals surface area contributed by atoms with Crippen LogP contribution in [-0.2, 0) is 11.3 Å². The molecule has 2 amide bonds. The van der Waals surface area contributed by atoms with E-state index in [-0.39, 0.29) is 11.8 Å². The topological polar surface area (TPSA) is 58.4 Å². The van der Waals surface area contributed by atoms with Crippen LogP contribution in [0.15, 0.2) is 60.7 Å². The van der Waals surface area contributed by atoms with Gasteiger partial charge in [-0.2, -0.15) is 5.10 Å². The number of carbonyl (C=O) groups is 2. The van der Waals surface area contributed by atoms with Crippen LogP contribution in [0.2, 0.25) is 0 Å². The summed E-state index contributed by atoms with van der Waals surface area (Å²) in [6.07, 6.45) is 0. The number of aryl methyl sites for hydroxylation is 1. The van der Waals surface area contributed by atoms with Crippen molar-refractivity contribution in [3.63, 3.8) is 0 Å². The number of likely N-dealkylation sites (N-methyl/N-ethyl adjacent to an activating group) is 1. The molecule has 2 heterocycles. The van der Waals surface area contributed by atoms with Gasteiger partial charge < -0.3 is 9.80 Å². The molecule has 4 rings (SSSR count). The minimum Gasteiger partial charge on any atom is -0.339 e. The largest absolute Gasteiger partial charge is 0.339 e. The van der Waals surface area contributed by atoms with Crippen molar-refractivity contribution in [2.45, 2.75) is 26.4 Å². The first-order chi connectivity index (χ1) is 15.0. The quantitative estimate of drug-likeness (QED) is 0.615. The smallest absolute Gasteiger partial charge is 0.255 e. The molecule has 1 fully saturated rings. The third-order valence-electron chi connectivity index (χ3n) is 5.66. The zero-order chi connectivity index (χ0) is 22.0. The number of hydrogen-bond donors (Lipinski definition) is 0. The van der Waals surface area contributed by atoms with Gasteiger partial charge in [-0.3, -0.25) is 9.59 Å². The molecule has 1 unspecified atom stereocenters. The van der Waals surface area contributed by atoms with E-state index in [1.165, 1.54) is 0 Å². The Labute approximate surface area is 186 Å². The molecule has 1 aliphatic heterocycles. The van der Waals surface area contributed by atoms with Gasteiger partial charge in [0.2, 0.25) is 5.91 Å². The Bertz CT molecular complexity index is 1080. The first-order valence-corrected chi connectivity index (χ1v) is 11.4. The number of nitrogens with zero attached hydrogens (tertiary/aromatic N) is 4. The number of rotatable bonds is 5. The summed E-state index contributed by atoms with van der Waals surface area (Å²) in [6.45, 7) is 4.45. The van der Waals surface area contributed by atoms with Gasteiger partial charge in [-0.15, -0.1) is 11.8 Å². The van der Waals surface area contributed by atoms with E-state index in [4.69, 9.17) is 0 Å². The molecule has 1 atom stereocenters. The van der Waals surface area contributed by atoms with Crippen LogP contribution in [0.1, 0.15) is 27.3 Å². The molecule has 0 N–H and O–H groups in total. The monoisotopic (exact) mass is 434 g/mol. The van der Waals surface area contributed by atoms with Gasteiger partial charge in [0.05, 0.1) is 17.3 Å². The van der Waals surface area contributed by atoms with Gasteiger partial charge in [0.15, 0.2) is 0 Å². The van der Waals surface area contributed by atoms with Crippen LogP contribution in [0.25, 0.3) is 5.69 Å². The maximum absolute atomic E-state index is 13.3. The zero-order valence-electron chi connectivity index (χ0n) is 18.0. The molecule has 160 valence electrons. The molecular formula is C24H26N4O2S. The number of benzene rings is 2. The van der Waals surface area contributed by atoms with Crippen LogP contribution in [-0.4, -0.2) is 56.1 Å². The van der Waals surface area contributed by atoms with Crippen LogP contribution >= 0.6 is 11.8 Å². The molecule has 6 nitrogen and oxygen atoms in total. The highest BCUT2D eigenvalue weighted by atomic mass is 32.2. The lowest BCUT2D eigenvalue weighted by atomic mass is 10.1. The van der Waals surface area contributed by atoms with Crippen LogP contribution in [0.3, 0.4) is 0 Å². The van der Waals surface area contributed by atoms with Crippen molar-refractivity contribution in [3.8, 4) is 5.69 Å². The van der Waals surface area contributed by atoms with Crippen molar-refractivity contribution in [1.29, 1.82) is 0 Å². The fourth-order valence-corrected chi connectivity index (χ4v) is 5.03. The fourth-order valence-electron chi connectivity index (χ4n) is 3.89. The van der Waals surface area contributed by atoms with E-state index >= 15 is 0 Å². The van der Waals surface area contributed by atoms with Crippen molar-refractivity contribution in [2.75, 3.05) is 18.7 Å². The summed E-state index contributed by atoms with van der Waals surface area (Å²) in [5.74, 6) is 1.01. The molecule has 1 aromatic heterocycles. The van der Waals surface area contributed by atoms with Gasteiger partial charge in [0.1, 0.15) is 6.04 Å². The van der Waals surface area contributed by atoms with Crippen molar-refractivity contribution >= 4 is 23.6 Å². The molecule has 7 heteroatoms. The predicted molar refractivity (Wildman–Crippen MR) is 123 cm³/mol. The van der Waals surface area contributed by atoms with Crippen LogP contribution in [0, 0.1) is 13.8 Å². The number of thioether (sulfide) groups is 1. The highest BCUT2D eigenvalue weighted by Gasteiger charge is 2.36. The summed E-state index contributed by atoms with van der Waals surface area (Å²) < 4.78 is 1.92. The molecular weight excluding hydrogens is 408 g/mol. The van der Waals surface area contributed by atoms with Gasteiger partial charge in [-0.05, 0) is 38.1 Å². The van der Waals surface area contributed by atoms with Crippen LogP contribution < -0.4 is 0 Å². The Morgan fingerprint density at radius 1 is 1.06 bits per heavy atom. The van der Waals surface area contributed by atoms with E-state index in [9.17, 15) is 9.59 Å². The standard InChI is InChI=1S/C24H26N4O2S/c1-17-21(18(2)28(25-17)20-12-8-5-9-13-20)14-26(3)24(30)22-15-31-16-27(22)23(29)19-10-6-4-7-11-19/h4-13,22H,14-16H2,1-3H3. The van der Waals surface area contributed by atoms with E-state index in [1.54, 1.807) is 40.7 Å². The van der Waals surface area contributed by atoms with Gasteiger partial charge in [0, 0.05) is 36.2 Å². The second-order valence-corrected chi connectivity index (χ2v) is 8.75. The minimum absolute atomic E-state index is 0.0412. The van der Waals surface area contributed by atoms with Gasteiger partial charge in [-0.25, -0.2) is 4.68 Å². The Morgan fingerprint density at radius 2 is 1.71 bits per heavy atom. The number of hydrogen-bond acceptors (Lipinski definition) is 4. The molecule has 0 radical (unpaired) electrons. The lowest BCUT2D eigenvalue weighted by molar-refractivity contribution is -0.134. The summed E-state index contributed by atoms with van der Waals surface area (Å²) in [4.78, 5) is 29.6. The third-order valence-corrected chi connectivity index (χ3v) is 6.67. The SMILES string of the molecule is Cc1nn(-c2ccccc2)c(C)c1CN(C)C(=O)C1CSCN1C(=O)c1ccccc1. The Morgan fingerprint density at radius 3 is 2.39 bits per heavy atom. The molecule has 1 aliphatic rings. The normalized spacial score (nSPS) is 15.8. The average Bonchev–Trinajstić information content (AvgIpc) is 3.40. The Kier molecular flexibility index (Phi) is 6.13. The predicted octanol–water partition coefficient (Wildman–Crippen LogP) is 3.66. The lowest BCUT2D eigenvalue weighted by Gasteiger charge is -2.27. The molecule has 0 aliphatic carbocycles. The van der Waals surface area contributed by atoms with Gasteiger partial charge in [-0.1, -0.05) is 36.4 Å². The first kappa shape index (κ1) is 21.2. The van der Waals surface area contributed by atoms with Crippen LogP contribution in [0.5, 0.6) is 0 Å². The van der Waals surface area contributed by atoms with Crippen LogP contribution in [0.4, 0.5) is 0 Å². The summed E-state index contributed by atoms with van der Waals surface area (Å²) in [6, 6.07) is 18.7. The zero-order valence-corrected chi connectivity index (χ0v) is 18.8. The Balaban J connectivity index is 1.51. The number of para-hydroxylation sites is 1. The van der Waals surface area contributed by atoms with Crippen molar-refractivity contribution in [1.82, 2.24) is 19.6 Å². The third kappa shape index (κ3) is 4.23. The molecule has 2 aromatic carbocycles. The maximum atomic E-state index is 13.3. The second-order valence-electron chi connectivity index (χ2n) is 7.75. The molecule has 0 bridgehead atoms. The fraction of sp³-hybridized carbons (Fsp3) is 0.292. The number of amides is 2. The molecule has 3 aromatic rings. The van der Waals surface area contributed by atoms with E-state index in [1.807, 2.05) is 67.1 Å². The highest BCUT2D eigenvalue weighted by Crippen LogP contribution is 2.26. The van der Waals surface area contributed by atoms with E-state index in [0.717, 1.165) is 22.6 Å². The maximum Gasteiger partial charge on any atom is 0.255 e. The minimum atomic E-state index is -0.451. The molecule has 0 saturated carbocycles. The summed E-state index contributed by atoms with van der Waals surface area (Å²) >= 11 is 1.61. The molecule has 1 saturated heterocycles. The number of carbonyl (C=O) groups excluding carboxylic acids is 2. The molecule has 31 heavy (non-hydrogen) atoms. The van der Waals surface area contributed by atoms with Gasteiger partial charge >= 0.3 is 0 Å². The average molecular weight is 435 g/mol. The summed E-state index contributed by atoms with van der Waals surface area (Å²) in [5, 5.41) is 4.68. The summed E-state index contributed by atoms with van der Waals surface area (Å²) in [5.41, 5.74) is 4.56. The van der Waals surface area contributed by atoms with Gasteiger partial charge in [0.25, 0.3) is 5.91 Å². The van der Waals surface area contributed by atoms with Crippen molar-refractivity contribution in [2.24, 2.45) is 0 Å². The first-order valence-electron chi connectivity index (χ1n) is 10.3. The second kappa shape index (κ2) is 8.98. The van der Waals surface area contributed by atoms with Crippen molar-refractivity contribution in [3.05, 3.63) is 83.2 Å². The highest BCUT2D eigenvalue weighted by molar-refractivity contribution is 7.99. The summed E-state index contributed by atoms with van der Waals surface area (Å²) in [7, 11) is 1.80. The Hall–Kier alpha value is -3.06. The lowest BCUT2D eigenvalue weighted by Crippen LogP contribution is -2.47. The van der Waals surface area contributed by atoms with E-state index in [0.29, 0.717) is 23.7 Å².